The molecule has 1 saturated heterocycles. The number of aldehydes is 1. The summed E-state index contributed by atoms with van der Waals surface area (Å²) in [4.78, 5) is 26.6. The van der Waals surface area contributed by atoms with Gasteiger partial charge < -0.3 is 14.3 Å². The first-order valence-corrected chi connectivity index (χ1v) is 10.2. The zero-order chi connectivity index (χ0) is 21.7. The third-order valence-electron chi connectivity index (χ3n) is 5.65. The Kier molecular flexibility index (Phi) is 7.21. The van der Waals surface area contributed by atoms with E-state index in [1.165, 1.54) is 12.1 Å². The van der Waals surface area contributed by atoms with Crippen LogP contribution in [-0.2, 0) is 20.9 Å². The number of likely N-dealkylation sites (tertiary alicyclic amines) is 1. The smallest absolute Gasteiger partial charge is 0.323 e. The van der Waals surface area contributed by atoms with Crippen molar-refractivity contribution in [3.8, 4) is 5.75 Å². The zero-order valence-electron chi connectivity index (χ0n) is 17.6. The van der Waals surface area contributed by atoms with Gasteiger partial charge in [0.25, 0.3) is 0 Å². The number of halogens is 1. The molecule has 0 aromatic heterocycles. The van der Waals surface area contributed by atoms with Crippen molar-refractivity contribution in [2.24, 2.45) is 11.8 Å². The Morgan fingerprint density at radius 2 is 1.93 bits per heavy atom. The summed E-state index contributed by atoms with van der Waals surface area (Å²) in [5, 5.41) is 0. The maximum absolute atomic E-state index is 13.7. The normalized spacial score (nSPS) is 20.2. The van der Waals surface area contributed by atoms with Crippen LogP contribution >= 0.6 is 0 Å². The van der Waals surface area contributed by atoms with Gasteiger partial charge in [-0.15, -0.1) is 0 Å². The number of ether oxygens (including phenoxy) is 2. The molecule has 0 bridgehead atoms. The average Bonchev–Trinajstić information content (AvgIpc) is 3.16. The summed E-state index contributed by atoms with van der Waals surface area (Å²) in [6.07, 6.45) is 0.912. The third kappa shape index (κ3) is 5.05. The summed E-state index contributed by atoms with van der Waals surface area (Å²) >= 11 is 0. The maximum Gasteiger partial charge on any atom is 0.323 e. The molecule has 160 valence electrons. The van der Waals surface area contributed by atoms with E-state index in [1.807, 2.05) is 49.1 Å². The van der Waals surface area contributed by atoms with E-state index >= 15 is 0 Å². The van der Waals surface area contributed by atoms with Crippen LogP contribution in [0, 0.1) is 17.7 Å². The first-order valence-electron chi connectivity index (χ1n) is 10.2. The van der Waals surface area contributed by atoms with Gasteiger partial charge in [0.15, 0.2) is 0 Å². The molecule has 5 nitrogen and oxygen atoms in total. The molecule has 0 aliphatic carbocycles. The number of rotatable bonds is 8. The van der Waals surface area contributed by atoms with Crippen molar-refractivity contribution in [2.75, 3.05) is 20.2 Å². The van der Waals surface area contributed by atoms with Crippen LogP contribution in [0.25, 0.3) is 0 Å². The van der Waals surface area contributed by atoms with Gasteiger partial charge in [-0.25, -0.2) is 4.39 Å². The Balaban J connectivity index is 1.70. The summed E-state index contributed by atoms with van der Waals surface area (Å²) in [6, 6.07) is 13.2. The van der Waals surface area contributed by atoms with Gasteiger partial charge in [-0.2, -0.15) is 0 Å². The number of hydrogen-bond donors (Lipinski definition) is 0. The van der Waals surface area contributed by atoms with Gasteiger partial charge in [0.05, 0.1) is 7.11 Å². The molecular weight excluding hydrogens is 385 g/mol. The molecule has 3 unspecified atom stereocenters. The maximum atomic E-state index is 13.7. The molecule has 1 heterocycles. The van der Waals surface area contributed by atoms with Crippen molar-refractivity contribution in [3.63, 3.8) is 0 Å². The van der Waals surface area contributed by atoms with Crippen LogP contribution in [0.2, 0.25) is 0 Å². The van der Waals surface area contributed by atoms with Gasteiger partial charge in [-0.3, -0.25) is 9.69 Å². The van der Waals surface area contributed by atoms with Crippen molar-refractivity contribution in [1.82, 2.24) is 4.90 Å². The van der Waals surface area contributed by atoms with Crippen LogP contribution in [0.5, 0.6) is 5.75 Å². The minimum Gasteiger partial charge on any atom is -0.497 e. The standard InChI is InChI=1S/C24H28FNO4/c1-16(2)23(24(28)30-15-17-7-9-21(29-3)10-8-17)26-12-19(14-27)22(13-26)18-5-4-6-20(25)11-18/h4-11,14,16,19,22-23H,12-13,15H2,1-3H3. The van der Waals surface area contributed by atoms with Crippen molar-refractivity contribution >= 4 is 12.3 Å². The fourth-order valence-electron chi connectivity index (χ4n) is 4.12. The highest BCUT2D eigenvalue weighted by atomic mass is 19.1. The summed E-state index contributed by atoms with van der Waals surface area (Å²) in [5.41, 5.74) is 1.65. The number of benzene rings is 2. The van der Waals surface area contributed by atoms with Crippen molar-refractivity contribution in [3.05, 3.63) is 65.5 Å². The molecule has 30 heavy (non-hydrogen) atoms. The van der Waals surface area contributed by atoms with E-state index in [0.29, 0.717) is 13.1 Å². The fourth-order valence-corrected chi connectivity index (χ4v) is 4.12. The highest BCUT2D eigenvalue weighted by Gasteiger charge is 2.41. The van der Waals surface area contributed by atoms with Crippen LogP contribution < -0.4 is 4.74 Å². The predicted octanol–water partition coefficient (Wildman–Crippen LogP) is 3.82. The third-order valence-corrected chi connectivity index (χ3v) is 5.65. The number of esters is 1. The second kappa shape index (κ2) is 9.85. The lowest BCUT2D eigenvalue weighted by molar-refractivity contribution is -0.153. The van der Waals surface area contributed by atoms with Crippen LogP contribution in [0.15, 0.2) is 48.5 Å². The molecule has 1 aliphatic heterocycles. The Morgan fingerprint density at radius 1 is 1.20 bits per heavy atom. The highest BCUT2D eigenvalue weighted by molar-refractivity contribution is 5.76. The van der Waals surface area contributed by atoms with Gasteiger partial charge in [0.2, 0.25) is 0 Å². The molecule has 2 aromatic carbocycles. The first-order chi connectivity index (χ1) is 14.4. The monoisotopic (exact) mass is 413 g/mol. The Hall–Kier alpha value is -2.73. The average molecular weight is 413 g/mol. The second-order valence-electron chi connectivity index (χ2n) is 8.06. The SMILES string of the molecule is COc1ccc(COC(=O)C(C(C)C)N2CC(C=O)C(c3cccc(F)c3)C2)cc1. The molecule has 0 N–H and O–H groups in total. The zero-order valence-corrected chi connectivity index (χ0v) is 17.6. The van der Waals surface area contributed by atoms with Gasteiger partial charge in [-0.05, 0) is 41.3 Å². The molecule has 0 radical (unpaired) electrons. The molecule has 0 saturated carbocycles. The lowest BCUT2D eigenvalue weighted by Crippen LogP contribution is -2.44. The van der Waals surface area contributed by atoms with Crippen LogP contribution in [0.4, 0.5) is 4.39 Å². The van der Waals surface area contributed by atoms with E-state index in [-0.39, 0.29) is 36.1 Å². The molecule has 0 amide bonds. The van der Waals surface area contributed by atoms with Crippen LogP contribution in [0.1, 0.15) is 30.9 Å². The summed E-state index contributed by atoms with van der Waals surface area (Å²) in [6.45, 7) is 5.05. The largest absolute Gasteiger partial charge is 0.497 e. The molecular formula is C24H28FNO4. The molecule has 2 aromatic rings. The van der Waals surface area contributed by atoms with Crippen molar-refractivity contribution in [2.45, 2.75) is 32.4 Å². The van der Waals surface area contributed by atoms with Crippen LogP contribution in [0.3, 0.4) is 0 Å². The Labute approximate surface area is 176 Å². The minimum atomic E-state index is -0.468. The van der Waals surface area contributed by atoms with Gasteiger partial charge in [-0.1, -0.05) is 38.1 Å². The topological polar surface area (TPSA) is 55.8 Å². The van der Waals surface area contributed by atoms with Crippen molar-refractivity contribution < 1.29 is 23.5 Å². The lowest BCUT2D eigenvalue weighted by Gasteiger charge is -2.29. The van der Waals surface area contributed by atoms with Gasteiger partial charge in [0, 0.05) is 24.9 Å². The van der Waals surface area contributed by atoms with E-state index in [9.17, 15) is 14.0 Å². The minimum absolute atomic E-state index is 0.00642. The van der Waals surface area contributed by atoms with Crippen molar-refractivity contribution in [1.29, 1.82) is 0 Å². The molecule has 0 spiro atoms. The summed E-state index contributed by atoms with van der Waals surface area (Å²) in [5.74, 6) is -0.325. The first kappa shape index (κ1) is 22.0. The van der Waals surface area contributed by atoms with E-state index < -0.39 is 6.04 Å². The lowest BCUT2D eigenvalue weighted by atomic mass is 9.90. The van der Waals surface area contributed by atoms with E-state index in [1.54, 1.807) is 13.2 Å². The quantitative estimate of drug-likeness (QED) is 0.487. The number of nitrogens with zero attached hydrogens (tertiary/aromatic N) is 1. The predicted molar refractivity (Wildman–Crippen MR) is 112 cm³/mol. The van der Waals surface area contributed by atoms with E-state index in [0.717, 1.165) is 23.2 Å². The highest BCUT2D eigenvalue weighted by Crippen LogP contribution is 2.34. The fraction of sp³-hybridized carbons (Fsp3) is 0.417. The summed E-state index contributed by atoms with van der Waals surface area (Å²) < 4.78 is 24.4. The van der Waals surface area contributed by atoms with E-state index in [4.69, 9.17) is 9.47 Å². The molecule has 6 heteroatoms. The molecule has 3 atom stereocenters. The number of hydrogen-bond acceptors (Lipinski definition) is 5. The number of carbonyl (C=O) groups is 2. The Bertz CT molecular complexity index is 868. The van der Waals surface area contributed by atoms with Gasteiger partial charge in [0.1, 0.15) is 30.5 Å². The Morgan fingerprint density at radius 3 is 2.53 bits per heavy atom. The number of carbonyl (C=O) groups excluding carboxylic acids is 2. The summed E-state index contributed by atoms with van der Waals surface area (Å²) in [7, 11) is 1.60. The van der Waals surface area contributed by atoms with E-state index in [2.05, 4.69) is 0 Å². The second-order valence-corrected chi connectivity index (χ2v) is 8.06. The van der Waals surface area contributed by atoms with Crippen LogP contribution in [-0.4, -0.2) is 43.4 Å². The molecule has 3 rings (SSSR count). The molecule has 1 fully saturated rings. The molecule has 1 aliphatic rings. The number of methoxy groups -OCH3 is 1. The van der Waals surface area contributed by atoms with Gasteiger partial charge >= 0.3 is 5.97 Å².